The lowest BCUT2D eigenvalue weighted by molar-refractivity contribution is -0.0525. The van der Waals surface area contributed by atoms with E-state index in [0.29, 0.717) is 19.3 Å². The standard InChI is InChI=1S/C15H20N2O2S/c1-2-16-11(10-15-18-7-8-19-15)9-14-17-12-5-3-4-6-13(12)20-14/h3-6,11,15-16H,2,7-10H2,1H3. The van der Waals surface area contributed by atoms with Crippen molar-refractivity contribution in [1.82, 2.24) is 10.3 Å². The van der Waals surface area contributed by atoms with Crippen LogP contribution in [0.25, 0.3) is 10.2 Å². The molecule has 1 fully saturated rings. The molecule has 1 aromatic heterocycles. The van der Waals surface area contributed by atoms with Crippen molar-refractivity contribution in [2.24, 2.45) is 0 Å². The van der Waals surface area contributed by atoms with E-state index >= 15 is 0 Å². The van der Waals surface area contributed by atoms with Gasteiger partial charge < -0.3 is 14.8 Å². The van der Waals surface area contributed by atoms with Crippen LogP contribution in [-0.2, 0) is 15.9 Å². The van der Waals surface area contributed by atoms with Crippen LogP contribution >= 0.6 is 11.3 Å². The average Bonchev–Trinajstić information content (AvgIpc) is 3.07. The third kappa shape index (κ3) is 3.35. The zero-order valence-electron chi connectivity index (χ0n) is 11.7. The molecule has 3 rings (SSSR count). The average molecular weight is 292 g/mol. The maximum Gasteiger partial charge on any atom is 0.159 e. The van der Waals surface area contributed by atoms with Crippen LogP contribution in [0.3, 0.4) is 0 Å². The lowest BCUT2D eigenvalue weighted by Gasteiger charge is -2.19. The van der Waals surface area contributed by atoms with Gasteiger partial charge in [0.25, 0.3) is 0 Å². The summed E-state index contributed by atoms with van der Waals surface area (Å²) >= 11 is 1.78. The second-order valence-electron chi connectivity index (χ2n) is 4.94. The van der Waals surface area contributed by atoms with Crippen LogP contribution in [0.15, 0.2) is 24.3 Å². The Balaban J connectivity index is 1.68. The van der Waals surface area contributed by atoms with E-state index in [9.17, 15) is 0 Å². The molecule has 1 aromatic carbocycles. The predicted octanol–water partition coefficient (Wildman–Crippen LogP) is 2.58. The predicted molar refractivity (Wildman–Crippen MR) is 81.1 cm³/mol. The fourth-order valence-corrected chi connectivity index (χ4v) is 3.57. The van der Waals surface area contributed by atoms with Crippen molar-refractivity contribution in [1.29, 1.82) is 0 Å². The maximum atomic E-state index is 5.55. The molecule has 108 valence electrons. The Kier molecular flexibility index (Phi) is 4.62. The third-order valence-electron chi connectivity index (χ3n) is 3.42. The van der Waals surface area contributed by atoms with Gasteiger partial charge in [0.05, 0.1) is 28.4 Å². The topological polar surface area (TPSA) is 43.4 Å². The van der Waals surface area contributed by atoms with Crippen molar-refractivity contribution < 1.29 is 9.47 Å². The van der Waals surface area contributed by atoms with Gasteiger partial charge in [-0.15, -0.1) is 11.3 Å². The number of likely N-dealkylation sites (N-methyl/N-ethyl adjacent to an activating group) is 1. The molecular weight excluding hydrogens is 272 g/mol. The number of aromatic nitrogens is 1. The molecule has 2 heterocycles. The number of fused-ring (bicyclic) bond motifs is 1. The van der Waals surface area contributed by atoms with Gasteiger partial charge in [-0.2, -0.15) is 0 Å². The number of para-hydroxylation sites is 1. The smallest absolute Gasteiger partial charge is 0.159 e. The summed E-state index contributed by atoms with van der Waals surface area (Å²) in [5.74, 6) is 0. The normalized spacial score (nSPS) is 17.9. The maximum absolute atomic E-state index is 5.55. The molecule has 0 aliphatic carbocycles. The largest absolute Gasteiger partial charge is 0.350 e. The second-order valence-corrected chi connectivity index (χ2v) is 6.06. The van der Waals surface area contributed by atoms with Gasteiger partial charge in [-0.3, -0.25) is 0 Å². The minimum atomic E-state index is -0.0616. The van der Waals surface area contributed by atoms with Gasteiger partial charge >= 0.3 is 0 Å². The highest BCUT2D eigenvalue weighted by atomic mass is 32.1. The van der Waals surface area contributed by atoms with Crippen LogP contribution in [0.5, 0.6) is 0 Å². The molecule has 2 aromatic rings. The minimum Gasteiger partial charge on any atom is -0.350 e. The Labute approximate surface area is 123 Å². The zero-order valence-corrected chi connectivity index (χ0v) is 12.5. The minimum absolute atomic E-state index is 0.0616. The highest BCUT2D eigenvalue weighted by molar-refractivity contribution is 7.18. The van der Waals surface area contributed by atoms with Gasteiger partial charge in [0.2, 0.25) is 0 Å². The van der Waals surface area contributed by atoms with Gasteiger partial charge in [0.1, 0.15) is 0 Å². The Morgan fingerprint density at radius 2 is 2.15 bits per heavy atom. The molecule has 5 heteroatoms. The fraction of sp³-hybridized carbons (Fsp3) is 0.533. The summed E-state index contributed by atoms with van der Waals surface area (Å²) < 4.78 is 12.3. The van der Waals surface area contributed by atoms with Crippen molar-refractivity contribution >= 4 is 21.6 Å². The van der Waals surface area contributed by atoms with E-state index in [2.05, 4.69) is 30.4 Å². The molecule has 1 aliphatic heterocycles. The summed E-state index contributed by atoms with van der Waals surface area (Å²) in [5.41, 5.74) is 1.09. The first-order valence-electron chi connectivity index (χ1n) is 7.16. The molecule has 4 nitrogen and oxygen atoms in total. The van der Waals surface area contributed by atoms with E-state index < -0.39 is 0 Å². The molecule has 0 bridgehead atoms. The van der Waals surface area contributed by atoms with Crippen molar-refractivity contribution in [2.45, 2.75) is 32.1 Å². The van der Waals surface area contributed by atoms with Crippen LogP contribution in [-0.4, -0.2) is 37.1 Å². The van der Waals surface area contributed by atoms with E-state index in [-0.39, 0.29) is 6.29 Å². The van der Waals surface area contributed by atoms with E-state index in [4.69, 9.17) is 14.5 Å². The van der Waals surface area contributed by atoms with Gasteiger partial charge in [-0.1, -0.05) is 19.1 Å². The first kappa shape index (κ1) is 13.9. The molecule has 1 aliphatic rings. The van der Waals surface area contributed by atoms with Crippen molar-refractivity contribution in [3.8, 4) is 0 Å². The van der Waals surface area contributed by atoms with E-state index in [1.807, 2.05) is 6.07 Å². The van der Waals surface area contributed by atoms with Crippen molar-refractivity contribution in [3.63, 3.8) is 0 Å². The molecule has 1 N–H and O–H groups in total. The third-order valence-corrected chi connectivity index (χ3v) is 4.48. The summed E-state index contributed by atoms with van der Waals surface area (Å²) in [5, 5.41) is 4.69. The number of nitrogens with zero attached hydrogens (tertiary/aromatic N) is 1. The van der Waals surface area contributed by atoms with Crippen LogP contribution in [0, 0.1) is 0 Å². The second kappa shape index (κ2) is 6.63. The number of ether oxygens (including phenoxy) is 2. The van der Waals surface area contributed by atoms with Gasteiger partial charge in [-0.05, 0) is 18.7 Å². The lowest BCUT2D eigenvalue weighted by Crippen LogP contribution is -2.34. The summed E-state index contributed by atoms with van der Waals surface area (Å²) in [6, 6.07) is 8.65. The van der Waals surface area contributed by atoms with E-state index in [0.717, 1.165) is 24.9 Å². The zero-order chi connectivity index (χ0) is 13.8. The number of nitrogens with one attached hydrogen (secondary N) is 1. The molecule has 1 unspecified atom stereocenters. The Morgan fingerprint density at radius 1 is 1.35 bits per heavy atom. The highest BCUT2D eigenvalue weighted by Crippen LogP contribution is 2.23. The van der Waals surface area contributed by atoms with E-state index in [1.54, 1.807) is 11.3 Å². The summed E-state index contributed by atoms with van der Waals surface area (Å²) in [4.78, 5) is 4.71. The first-order valence-corrected chi connectivity index (χ1v) is 7.98. The number of hydrogen-bond donors (Lipinski definition) is 1. The Morgan fingerprint density at radius 3 is 2.90 bits per heavy atom. The first-order chi connectivity index (χ1) is 9.85. The van der Waals surface area contributed by atoms with Crippen LogP contribution < -0.4 is 5.32 Å². The van der Waals surface area contributed by atoms with E-state index in [1.165, 1.54) is 9.71 Å². The molecule has 0 amide bonds. The molecule has 0 radical (unpaired) electrons. The van der Waals surface area contributed by atoms with Crippen LogP contribution in [0.2, 0.25) is 0 Å². The summed E-state index contributed by atoms with van der Waals surface area (Å²) in [7, 11) is 0. The highest BCUT2D eigenvalue weighted by Gasteiger charge is 2.22. The van der Waals surface area contributed by atoms with Gasteiger partial charge in [0, 0.05) is 18.9 Å². The number of thiazole rings is 1. The molecule has 20 heavy (non-hydrogen) atoms. The molecule has 0 saturated carbocycles. The molecular formula is C15H20N2O2S. The Hall–Kier alpha value is -1.01. The number of rotatable bonds is 6. The lowest BCUT2D eigenvalue weighted by atomic mass is 10.1. The van der Waals surface area contributed by atoms with Crippen LogP contribution in [0.4, 0.5) is 0 Å². The SMILES string of the molecule is CCNC(Cc1nc2ccccc2s1)CC1OCCO1. The van der Waals surface area contributed by atoms with Gasteiger partial charge in [-0.25, -0.2) is 4.98 Å². The van der Waals surface area contributed by atoms with Crippen molar-refractivity contribution in [2.75, 3.05) is 19.8 Å². The summed E-state index contributed by atoms with van der Waals surface area (Å²) in [6.07, 6.45) is 1.74. The monoisotopic (exact) mass is 292 g/mol. The quantitative estimate of drug-likeness (QED) is 0.888. The molecule has 1 saturated heterocycles. The number of benzene rings is 1. The molecule has 0 spiro atoms. The fourth-order valence-electron chi connectivity index (χ4n) is 2.52. The molecule has 1 atom stereocenters. The van der Waals surface area contributed by atoms with Crippen molar-refractivity contribution in [3.05, 3.63) is 29.3 Å². The van der Waals surface area contributed by atoms with Gasteiger partial charge in [0.15, 0.2) is 6.29 Å². The summed E-state index contributed by atoms with van der Waals surface area (Å²) in [6.45, 7) is 4.50. The number of hydrogen-bond acceptors (Lipinski definition) is 5. The van der Waals surface area contributed by atoms with Crippen LogP contribution in [0.1, 0.15) is 18.4 Å². The Bertz CT molecular complexity index is 519.